The van der Waals surface area contributed by atoms with Gasteiger partial charge in [0.1, 0.15) is 0 Å². The highest BCUT2D eigenvalue weighted by Crippen LogP contribution is 2.34. The summed E-state index contributed by atoms with van der Waals surface area (Å²) in [5, 5.41) is 3.57. The number of hydrogen-bond acceptors (Lipinski definition) is 2. The van der Waals surface area contributed by atoms with Gasteiger partial charge >= 0.3 is 0 Å². The van der Waals surface area contributed by atoms with Gasteiger partial charge in [-0.1, -0.05) is 26.7 Å². The van der Waals surface area contributed by atoms with E-state index < -0.39 is 0 Å². The van der Waals surface area contributed by atoms with E-state index in [1.165, 1.54) is 45.4 Å². The van der Waals surface area contributed by atoms with Crippen LogP contribution in [0.5, 0.6) is 0 Å². The molecule has 2 heteroatoms. The summed E-state index contributed by atoms with van der Waals surface area (Å²) in [7, 11) is 0. The summed E-state index contributed by atoms with van der Waals surface area (Å²) < 4.78 is 0. The quantitative estimate of drug-likeness (QED) is 0.791. The van der Waals surface area contributed by atoms with Crippen molar-refractivity contribution in [1.82, 2.24) is 10.2 Å². The Balaban J connectivity index is 1.86. The third-order valence-corrected chi connectivity index (χ3v) is 4.07. The van der Waals surface area contributed by atoms with Crippen LogP contribution in [0.2, 0.25) is 0 Å². The molecule has 3 atom stereocenters. The highest BCUT2D eigenvalue weighted by Gasteiger charge is 2.28. The zero-order valence-electron chi connectivity index (χ0n) is 11.2. The van der Waals surface area contributed by atoms with Crippen LogP contribution in [0.15, 0.2) is 0 Å². The van der Waals surface area contributed by atoms with Crippen LogP contribution in [0.1, 0.15) is 40.0 Å². The van der Waals surface area contributed by atoms with Gasteiger partial charge in [-0.05, 0) is 44.2 Å². The monoisotopic (exact) mass is 224 g/mol. The normalized spacial score (nSPS) is 35.4. The van der Waals surface area contributed by atoms with Gasteiger partial charge in [0.25, 0.3) is 0 Å². The Hall–Kier alpha value is -0.0800. The topological polar surface area (TPSA) is 15.3 Å². The summed E-state index contributed by atoms with van der Waals surface area (Å²) in [6.07, 6.45) is 4.42. The summed E-state index contributed by atoms with van der Waals surface area (Å²) in [5.74, 6) is 2.66. The molecule has 0 amide bonds. The summed E-state index contributed by atoms with van der Waals surface area (Å²) in [4.78, 5) is 2.74. The van der Waals surface area contributed by atoms with Crippen LogP contribution in [0.25, 0.3) is 0 Å². The maximum atomic E-state index is 3.57. The smallest absolute Gasteiger partial charge is 0.00698 e. The van der Waals surface area contributed by atoms with Gasteiger partial charge in [0.2, 0.25) is 0 Å². The molecule has 2 nitrogen and oxygen atoms in total. The minimum atomic E-state index is 0.800. The Morgan fingerprint density at radius 3 is 2.19 bits per heavy atom. The lowest BCUT2D eigenvalue weighted by molar-refractivity contribution is 0.132. The van der Waals surface area contributed by atoms with Crippen LogP contribution in [0.3, 0.4) is 0 Å². The van der Waals surface area contributed by atoms with Crippen molar-refractivity contribution in [3.8, 4) is 0 Å². The molecule has 1 heterocycles. The van der Waals surface area contributed by atoms with E-state index in [4.69, 9.17) is 0 Å². The molecule has 94 valence electrons. The van der Waals surface area contributed by atoms with E-state index in [1.807, 2.05) is 0 Å². The van der Waals surface area contributed by atoms with E-state index in [0.717, 1.165) is 23.8 Å². The first-order chi connectivity index (χ1) is 7.65. The van der Waals surface area contributed by atoms with Crippen molar-refractivity contribution in [2.45, 2.75) is 46.1 Å². The molecule has 0 aromatic carbocycles. The Labute approximate surface area is 101 Å². The van der Waals surface area contributed by atoms with Gasteiger partial charge in [0.15, 0.2) is 0 Å². The minimum Gasteiger partial charge on any atom is -0.316 e. The van der Waals surface area contributed by atoms with Crippen LogP contribution in [0.4, 0.5) is 0 Å². The average molecular weight is 224 g/mol. The maximum absolute atomic E-state index is 3.57. The van der Waals surface area contributed by atoms with Crippen molar-refractivity contribution >= 4 is 0 Å². The van der Waals surface area contributed by atoms with Crippen molar-refractivity contribution in [1.29, 1.82) is 0 Å². The maximum Gasteiger partial charge on any atom is 0.00698 e. The molecule has 0 radical (unpaired) electrons. The highest BCUT2D eigenvalue weighted by molar-refractivity contribution is 4.82. The van der Waals surface area contributed by atoms with Gasteiger partial charge in [-0.2, -0.15) is 0 Å². The van der Waals surface area contributed by atoms with E-state index in [0.29, 0.717) is 0 Å². The number of nitrogens with one attached hydrogen (secondary N) is 1. The molecular formula is C14H28N2. The van der Waals surface area contributed by atoms with Gasteiger partial charge in [0, 0.05) is 19.1 Å². The fourth-order valence-corrected chi connectivity index (χ4v) is 2.93. The standard InChI is InChI=1S/C14H28N2/c1-11-7-15-8-12(2)10-16(9-11)13(3)6-14-4-5-14/h11-15H,4-10H2,1-3H3. The van der Waals surface area contributed by atoms with Crippen molar-refractivity contribution < 1.29 is 0 Å². The molecule has 0 aromatic heterocycles. The highest BCUT2D eigenvalue weighted by atomic mass is 15.2. The molecule has 16 heavy (non-hydrogen) atoms. The minimum absolute atomic E-state index is 0.800. The molecule has 2 rings (SSSR count). The third kappa shape index (κ3) is 3.74. The van der Waals surface area contributed by atoms with Gasteiger partial charge in [-0.25, -0.2) is 0 Å². The molecule has 1 N–H and O–H groups in total. The van der Waals surface area contributed by atoms with Crippen LogP contribution in [-0.4, -0.2) is 37.1 Å². The summed E-state index contributed by atoms with van der Waals surface area (Å²) >= 11 is 0. The number of rotatable bonds is 3. The lowest BCUT2D eigenvalue weighted by Crippen LogP contribution is -2.46. The van der Waals surface area contributed by atoms with E-state index in [-0.39, 0.29) is 0 Å². The molecule has 1 saturated carbocycles. The van der Waals surface area contributed by atoms with Crippen molar-refractivity contribution in [3.63, 3.8) is 0 Å². The Bertz CT molecular complexity index is 201. The van der Waals surface area contributed by atoms with E-state index in [2.05, 4.69) is 31.0 Å². The number of nitrogens with zero attached hydrogens (tertiary/aromatic N) is 1. The molecular weight excluding hydrogens is 196 g/mol. The third-order valence-electron chi connectivity index (χ3n) is 4.07. The van der Waals surface area contributed by atoms with E-state index in [9.17, 15) is 0 Å². The van der Waals surface area contributed by atoms with Crippen LogP contribution < -0.4 is 5.32 Å². The summed E-state index contributed by atoms with van der Waals surface area (Å²) in [6, 6.07) is 0.801. The van der Waals surface area contributed by atoms with Crippen molar-refractivity contribution in [2.75, 3.05) is 26.2 Å². The van der Waals surface area contributed by atoms with Gasteiger partial charge in [-0.3, -0.25) is 0 Å². The predicted octanol–water partition coefficient (Wildman–Crippen LogP) is 2.35. The second-order valence-electron chi connectivity index (χ2n) is 6.35. The van der Waals surface area contributed by atoms with Crippen molar-refractivity contribution in [3.05, 3.63) is 0 Å². The van der Waals surface area contributed by atoms with Gasteiger partial charge < -0.3 is 10.2 Å². The second-order valence-corrected chi connectivity index (χ2v) is 6.35. The molecule has 0 bridgehead atoms. The summed E-state index contributed by atoms with van der Waals surface area (Å²) in [5.41, 5.74) is 0. The first-order valence-corrected chi connectivity index (χ1v) is 7.10. The van der Waals surface area contributed by atoms with Crippen LogP contribution in [0, 0.1) is 17.8 Å². The first-order valence-electron chi connectivity index (χ1n) is 7.10. The van der Waals surface area contributed by atoms with E-state index in [1.54, 1.807) is 0 Å². The average Bonchev–Trinajstić information content (AvgIpc) is 2.97. The molecule has 2 fully saturated rings. The second kappa shape index (κ2) is 5.50. The molecule has 2 aliphatic rings. The van der Waals surface area contributed by atoms with Gasteiger partial charge in [0.05, 0.1) is 0 Å². The summed E-state index contributed by atoms with van der Waals surface area (Å²) in [6.45, 7) is 12.1. The fraction of sp³-hybridized carbons (Fsp3) is 1.00. The Morgan fingerprint density at radius 2 is 1.69 bits per heavy atom. The van der Waals surface area contributed by atoms with Gasteiger partial charge in [-0.15, -0.1) is 0 Å². The molecule has 3 unspecified atom stereocenters. The Morgan fingerprint density at radius 1 is 1.12 bits per heavy atom. The lowest BCUT2D eigenvalue weighted by atomic mass is 10.0. The van der Waals surface area contributed by atoms with E-state index >= 15 is 0 Å². The van der Waals surface area contributed by atoms with Crippen LogP contribution in [-0.2, 0) is 0 Å². The molecule has 1 saturated heterocycles. The SMILES string of the molecule is CC1CNCC(C)CN(C(C)CC2CC2)C1. The Kier molecular flexibility index (Phi) is 4.26. The molecule has 1 aliphatic carbocycles. The molecule has 1 aliphatic heterocycles. The lowest BCUT2D eigenvalue weighted by Gasteiger charge is -2.36. The largest absolute Gasteiger partial charge is 0.316 e. The van der Waals surface area contributed by atoms with Crippen molar-refractivity contribution in [2.24, 2.45) is 17.8 Å². The zero-order valence-corrected chi connectivity index (χ0v) is 11.2. The fourth-order valence-electron chi connectivity index (χ4n) is 2.93. The zero-order chi connectivity index (χ0) is 11.5. The predicted molar refractivity (Wildman–Crippen MR) is 69.6 cm³/mol. The number of hydrogen-bond donors (Lipinski definition) is 1. The van der Waals surface area contributed by atoms with Crippen LogP contribution >= 0.6 is 0 Å². The molecule has 0 aromatic rings. The molecule has 0 spiro atoms. The first kappa shape index (κ1) is 12.4.